The topological polar surface area (TPSA) is 119 Å². The van der Waals surface area contributed by atoms with E-state index in [4.69, 9.17) is 5.73 Å². The minimum atomic E-state index is -0.183. The lowest BCUT2D eigenvalue weighted by Gasteiger charge is -2.23. The summed E-state index contributed by atoms with van der Waals surface area (Å²) in [5, 5.41) is 39.5. The van der Waals surface area contributed by atoms with Crippen molar-refractivity contribution in [3.8, 4) is 23.0 Å². The maximum absolute atomic E-state index is 10.3. The highest BCUT2D eigenvalue weighted by Crippen LogP contribution is 2.51. The van der Waals surface area contributed by atoms with Gasteiger partial charge in [0.1, 0.15) is 23.0 Å². The highest BCUT2D eigenvalue weighted by atomic mass is 32.2. The van der Waals surface area contributed by atoms with Crippen LogP contribution >= 0.6 is 11.8 Å². The summed E-state index contributed by atoms with van der Waals surface area (Å²) in [6.45, 7) is 0. The first-order valence-corrected chi connectivity index (χ1v) is 9.29. The molecule has 1 aliphatic carbocycles. The molecule has 7 heteroatoms. The summed E-state index contributed by atoms with van der Waals surface area (Å²) in [5.41, 5.74) is 10.1. The van der Waals surface area contributed by atoms with Crippen LogP contribution in [0, 0.1) is 0 Å². The van der Waals surface area contributed by atoms with Crippen LogP contribution in [-0.2, 0) is 0 Å². The van der Waals surface area contributed by atoms with Crippen molar-refractivity contribution >= 4 is 23.0 Å². The van der Waals surface area contributed by atoms with E-state index in [0.29, 0.717) is 16.3 Å². The van der Waals surface area contributed by atoms with Crippen LogP contribution in [0.25, 0.3) is 6.08 Å². The summed E-state index contributed by atoms with van der Waals surface area (Å²) in [6.07, 6.45) is 3.34. The molecule has 0 saturated heterocycles. The SMILES string of the molecule is NC1=NC2=C(CC/C2=C\c2ccc(O)cc2O)C(c2ccc(O)cc2O)S1. The van der Waals surface area contributed by atoms with Gasteiger partial charge in [-0.25, -0.2) is 4.99 Å². The summed E-state index contributed by atoms with van der Waals surface area (Å²) in [5.74, 6) is 0.0111. The first-order valence-electron chi connectivity index (χ1n) is 8.41. The Morgan fingerprint density at radius 1 is 0.963 bits per heavy atom. The number of aliphatic imine (C=N–C) groups is 1. The predicted molar refractivity (Wildman–Crippen MR) is 106 cm³/mol. The van der Waals surface area contributed by atoms with E-state index in [1.165, 1.54) is 36.0 Å². The molecule has 1 atom stereocenters. The highest BCUT2D eigenvalue weighted by molar-refractivity contribution is 8.14. The minimum absolute atomic E-state index is 0.000164. The summed E-state index contributed by atoms with van der Waals surface area (Å²) in [7, 11) is 0. The van der Waals surface area contributed by atoms with E-state index in [0.717, 1.165) is 29.7 Å². The maximum atomic E-state index is 10.3. The molecule has 0 spiro atoms. The van der Waals surface area contributed by atoms with Crippen molar-refractivity contribution in [3.05, 3.63) is 64.4 Å². The quantitative estimate of drug-likeness (QED) is 0.540. The summed E-state index contributed by atoms with van der Waals surface area (Å²) in [4.78, 5) is 4.50. The fraction of sp³-hybridized carbons (Fsp3) is 0.150. The van der Waals surface area contributed by atoms with Gasteiger partial charge in [-0.05, 0) is 48.3 Å². The number of hydrogen-bond acceptors (Lipinski definition) is 7. The minimum Gasteiger partial charge on any atom is -0.508 e. The Bertz CT molecular complexity index is 1030. The molecule has 2 aromatic rings. The monoisotopic (exact) mass is 382 g/mol. The van der Waals surface area contributed by atoms with Gasteiger partial charge in [0.15, 0.2) is 5.17 Å². The molecule has 27 heavy (non-hydrogen) atoms. The van der Waals surface area contributed by atoms with Crippen molar-refractivity contribution in [2.24, 2.45) is 10.7 Å². The number of amidine groups is 1. The molecular formula is C20H18N2O4S. The van der Waals surface area contributed by atoms with E-state index < -0.39 is 0 Å². The lowest BCUT2D eigenvalue weighted by atomic mass is 10.0. The lowest BCUT2D eigenvalue weighted by Crippen LogP contribution is -2.15. The van der Waals surface area contributed by atoms with Gasteiger partial charge in [-0.15, -0.1) is 0 Å². The molecule has 0 bridgehead atoms. The summed E-state index contributed by atoms with van der Waals surface area (Å²) < 4.78 is 0. The van der Waals surface area contributed by atoms with Crippen LogP contribution in [0.1, 0.15) is 29.2 Å². The third-order valence-corrected chi connectivity index (χ3v) is 5.80. The number of aromatic hydroxyl groups is 4. The summed E-state index contributed by atoms with van der Waals surface area (Å²) in [6, 6.07) is 9.00. The molecule has 2 aliphatic rings. The lowest BCUT2D eigenvalue weighted by molar-refractivity contribution is 0.446. The number of phenols is 4. The Morgan fingerprint density at radius 3 is 2.37 bits per heavy atom. The maximum Gasteiger partial charge on any atom is 0.160 e. The average molecular weight is 382 g/mol. The van der Waals surface area contributed by atoms with Crippen LogP contribution in [0.15, 0.2) is 58.2 Å². The van der Waals surface area contributed by atoms with Gasteiger partial charge in [0.2, 0.25) is 0 Å². The molecule has 0 aromatic heterocycles. The molecule has 6 N–H and O–H groups in total. The number of phenolic OH excluding ortho intramolecular Hbond substituents is 4. The van der Waals surface area contributed by atoms with Crippen LogP contribution in [0.3, 0.4) is 0 Å². The van der Waals surface area contributed by atoms with E-state index in [2.05, 4.69) is 4.99 Å². The van der Waals surface area contributed by atoms with Crippen molar-refractivity contribution in [2.75, 3.05) is 0 Å². The Hall–Kier alpha value is -3.06. The first kappa shape index (κ1) is 17.4. The fourth-order valence-electron chi connectivity index (χ4n) is 3.43. The van der Waals surface area contributed by atoms with E-state index in [1.807, 2.05) is 6.08 Å². The van der Waals surface area contributed by atoms with E-state index in [1.54, 1.807) is 12.1 Å². The van der Waals surface area contributed by atoms with Crippen LogP contribution < -0.4 is 5.73 Å². The molecule has 0 radical (unpaired) electrons. The molecule has 0 saturated carbocycles. The number of rotatable bonds is 2. The van der Waals surface area contributed by atoms with Crippen molar-refractivity contribution in [3.63, 3.8) is 0 Å². The van der Waals surface area contributed by atoms with E-state index in [9.17, 15) is 20.4 Å². The Balaban J connectivity index is 1.77. The van der Waals surface area contributed by atoms with Crippen molar-refractivity contribution < 1.29 is 20.4 Å². The van der Waals surface area contributed by atoms with Gasteiger partial charge in [-0.2, -0.15) is 0 Å². The molecule has 1 heterocycles. The van der Waals surface area contributed by atoms with Crippen LogP contribution in [-0.4, -0.2) is 25.6 Å². The first-order chi connectivity index (χ1) is 12.9. The van der Waals surface area contributed by atoms with Crippen LogP contribution in [0.4, 0.5) is 0 Å². The molecule has 1 aliphatic heterocycles. The van der Waals surface area contributed by atoms with Crippen molar-refractivity contribution in [1.29, 1.82) is 0 Å². The Kier molecular flexibility index (Phi) is 4.24. The molecule has 1 unspecified atom stereocenters. The zero-order chi connectivity index (χ0) is 19.1. The number of nitrogens with two attached hydrogens (primary N) is 1. The standard InChI is InChI=1S/C20H18N2O4S/c21-20-22-18-11(7-10-1-3-12(23)8-16(10)25)2-5-15(18)19(27-20)14-6-4-13(24)9-17(14)26/h1,3-4,6-9,19,23-26H,2,5H2,(H2,21,22)/b11-7+. The number of nitrogens with zero attached hydrogens (tertiary/aromatic N) is 1. The summed E-state index contributed by atoms with van der Waals surface area (Å²) >= 11 is 1.37. The van der Waals surface area contributed by atoms with Crippen molar-refractivity contribution in [2.45, 2.75) is 18.1 Å². The second kappa shape index (κ2) is 6.59. The normalized spacial score (nSPS) is 20.7. The molecule has 0 amide bonds. The van der Waals surface area contributed by atoms with Gasteiger partial charge < -0.3 is 26.2 Å². The predicted octanol–water partition coefficient (Wildman–Crippen LogP) is 3.74. The van der Waals surface area contributed by atoms with Gasteiger partial charge in [-0.1, -0.05) is 17.8 Å². The second-order valence-corrected chi connectivity index (χ2v) is 7.60. The Morgan fingerprint density at radius 2 is 1.67 bits per heavy atom. The zero-order valence-corrected chi connectivity index (χ0v) is 15.1. The van der Waals surface area contributed by atoms with Crippen LogP contribution in [0.2, 0.25) is 0 Å². The molecule has 0 fully saturated rings. The van der Waals surface area contributed by atoms with E-state index >= 15 is 0 Å². The second-order valence-electron chi connectivity index (χ2n) is 6.48. The molecule has 4 rings (SSSR count). The zero-order valence-electron chi connectivity index (χ0n) is 14.3. The number of benzene rings is 2. The number of hydrogen-bond donors (Lipinski definition) is 5. The van der Waals surface area contributed by atoms with Gasteiger partial charge in [0, 0.05) is 23.3 Å². The molecule has 138 valence electrons. The van der Waals surface area contributed by atoms with Gasteiger partial charge in [-0.3, -0.25) is 0 Å². The highest BCUT2D eigenvalue weighted by Gasteiger charge is 2.33. The molecule has 6 nitrogen and oxygen atoms in total. The number of thioether (sulfide) groups is 1. The molecule has 2 aromatic carbocycles. The Labute approximate surface area is 160 Å². The van der Waals surface area contributed by atoms with E-state index in [-0.39, 0.29) is 28.2 Å². The van der Waals surface area contributed by atoms with Crippen molar-refractivity contribution in [1.82, 2.24) is 0 Å². The number of allylic oxidation sites excluding steroid dienone is 1. The van der Waals surface area contributed by atoms with Gasteiger partial charge >= 0.3 is 0 Å². The van der Waals surface area contributed by atoms with Crippen LogP contribution in [0.5, 0.6) is 23.0 Å². The van der Waals surface area contributed by atoms with Gasteiger partial charge in [0.05, 0.1) is 10.9 Å². The molecular weight excluding hydrogens is 364 g/mol. The largest absolute Gasteiger partial charge is 0.508 e. The third kappa shape index (κ3) is 3.21. The van der Waals surface area contributed by atoms with Gasteiger partial charge in [0.25, 0.3) is 0 Å². The average Bonchev–Trinajstić information content (AvgIpc) is 2.99. The smallest absolute Gasteiger partial charge is 0.160 e. The fourth-order valence-corrected chi connectivity index (χ4v) is 4.51. The third-order valence-electron chi connectivity index (χ3n) is 4.69.